The van der Waals surface area contributed by atoms with E-state index in [-0.39, 0.29) is 0 Å². The van der Waals surface area contributed by atoms with Crippen LogP contribution in [0.2, 0.25) is 0 Å². The summed E-state index contributed by atoms with van der Waals surface area (Å²) in [6.45, 7) is 4.18. The van der Waals surface area contributed by atoms with Crippen LogP contribution in [0, 0.1) is 23.7 Å². The maximum atomic E-state index is 10.0. The van der Waals surface area contributed by atoms with Gasteiger partial charge in [0.2, 0.25) is 0 Å². The lowest BCUT2D eigenvalue weighted by molar-refractivity contribution is 0.238. The van der Waals surface area contributed by atoms with E-state index in [1.165, 1.54) is 0 Å². The summed E-state index contributed by atoms with van der Waals surface area (Å²) in [4.78, 5) is 0. The summed E-state index contributed by atoms with van der Waals surface area (Å²) in [5, 5.41) is 10.0. The Labute approximate surface area is 110 Å². The van der Waals surface area contributed by atoms with E-state index in [2.05, 4.69) is 37.5 Å². The van der Waals surface area contributed by atoms with Crippen molar-refractivity contribution in [2.75, 3.05) is 0 Å². The van der Waals surface area contributed by atoms with E-state index in [1.807, 2.05) is 24.3 Å². The Hall–Kier alpha value is -1.70. The second-order valence-corrected chi connectivity index (χ2v) is 4.11. The third-order valence-electron chi connectivity index (χ3n) is 2.47. The summed E-state index contributed by atoms with van der Waals surface area (Å²) in [7, 11) is 0. The van der Waals surface area contributed by atoms with Gasteiger partial charge in [-0.3, -0.25) is 0 Å². The molecule has 1 heteroatoms. The zero-order chi connectivity index (χ0) is 13.2. The molecular formula is C17H20O. The van der Waals surface area contributed by atoms with Gasteiger partial charge in [-0.25, -0.2) is 0 Å². The van der Waals surface area contributed by atoms with Crippen molar-refractivity contribution in [3.05, 3.63) is 35.4 Å². The van der Waals surface area contributed by atoms with Gasteiger partial charge in [-0.1, -0.05) is 49.8 Å². The Morgan fingerprint density at radius 3 is 2.44 bits per heavy atom. The molecule has 0 aliphatic carbocycles. The summed E-state index contributed by atoms with van der Waals surface area (Å²) in [5.74, 6) is 12.1. The summed E-state index contributed by atoms with van der Waals surface area (Å²) in [6, 6.07) is 7.67. The van der Waals surface area contributed by atoms with Gasteiger partial charge in [0.15, 0.2) is 0 Å². The molecule has 1 nitrogen and oxygen atoms in total. The van der Waals surface area contributed by atoms with Crippen molar-refractivity contribution >= 4 is 0 Å². The molecular weight excluding hydrogens is 220 g/mol. The number of rotatable bonds is 3. The maximum absolute atomic E-state index is 10.0. The molecule has 0 bridgehead atoms. The van der Waals surface area contributed by atoms with Gasteiger partial charge in [-0.15, -0.1) is 5.92 Å². The van der Waals surface area contributed by atoms with Crippen molar-refractivity contribution in [3.63, 3.8) is 0 Å². The fourth-order valence-electron chi connectivity index (χ4n) is 1.50. The highest BCUT2D eigenvalue weighted by atomic mass is 16.3. The van der Waals surface area contributed by atoms with Crippen molar-refractivity contribution in [2.45, 2.75) is 45.6 Å². The van der Waals surface area contributed by atoms with Crippen LogP contribution in [-0.2, 0) is 0 Å². The minimum atomic E-state index is -0.733. The Bertz CT molecular complexity index is 480. The molecule has 0 saturated carbocycles. The largest absolute Gasteiger partial charge is 0.376 e. The molecule has 1 N–H and O–H groups in total. The van der Waals surface area contributed by atoms with Crippen molar-refractivity contribution < 1.29 is 5.11 Å². The minimum Gasteiger partial charge on any atom is -0.376 e. The molecule has 0 saturated heterocycles. The second kappa shape index (κ2) is 8.40. The highest BCUT2D eigenvalue weighted by molar-refractivity contribution is 5.44. The Balaban J connectivity index is 2.89. The quantitative estimate of drug-likeness (QED) is 0.799. The summed E-state index contributed by atoms with van der Waals surface area (Å²) < 4.78 is 0. The Morgan fingerprint density at radius 1 is 1.06 bits per heavy atom. The first-order chi connectivity index (χ1) is 8.79. The molecule has 94 valence electrons. The molecule has 0 radical (unpaired) electrons. The Morgan fingerprint density at radius 2 is 1.72 bits per heavy atom. The van der Waals surface area contributed by atoms with Crippen LogP contribution in [0.3, 0.4) is 0 Å². The highest BCUT2D eigenvalue weighted by Crippen LogP contribution is 2.16. The zero-order valence-electron chi connectivity index (χ0n) is 11.2. The highest BCUT2D eigenvalue weighted by Gasteiger charge is 2.07. The van der Waals surface area contributed by atoms with Crippen molar-refractivity contribution in [3.8, 4) is 23.7 Å². The molecule has 0 aliphatic heterocycles. The van der Waals surface area contributed by atoms with Crippen LogP contribution in [0.4, 0.5) is 0 Å². The van der Waals surface area contributed by atoms with E-state index in [0.29, 0.717) is 0 Å². The lowest BCUT2D eigenvalue weighted by atomic mass is 10.0. The maximum Gasteiger partial charge on any atom is 0.141 e. The standard InChI is InChI=1S/C17H20O/c1-3-5-7-11-15-12-9-10-13-16(15)17(18)14-8-6-4-2/h9-10,12-13,17-18H,3-6H2,1-2H3. The average molecular weight is 240 g/mol. The normalized spacial score (nSPS) is 10.8. The van der Waals surface area contributed by atoms with Crippen LogP contribution in [0.25, 0.3) is 0 Å². The van der Waals surface area contributed by atoms with E-state index in [1.54, 1.807) is 0 Å². The average Bonchev–Trinajstić information content (AvgIpc) is 2.40. The zero-order valence-corrected chi connectivity index (χ0v) is 11.2. The van der Waals surface area contributed by atoms with Crippen LogP contribution >= 0.6 is 0 Å². The number of aliphatic hydroxyl groups is 1. The fraction of sp³-hybridized carbons (Fsp3) is 0.412. The van der Waals surface area contributed by atoms with E-state index in [4.69, 9.17) is 0 Å². The smallest absolute Gasteiger partial charge is 0.141 e. The molecule has 0 aromatic heterocycles. The first-order valence-corrected chi connectivity index (χ1v) is 6.53. The molecule has 0 aliphatic rings. The molecule has 0 amide bonds. The van der Waals surface area contributed by atoms with Gasteiger partial charge in [0.05, 0.1) is 0 Å². The number of aliphatic hydroxyl groups excluding tert-OH is 1. The Kier molecular flexibility index (Phi) is 6.70. The number of unbranched alkanes of at least 4 members (excludes halogenated alkanes) is 2. The molecule has 1 aromatic carbocycles. The first kappa shape index (κ1) is 14.4. The second-order valence-electron chi connectivity index (χ2n) is 4.11. The number of hydrogen-bond donors (Lipinski definition) is 1. The van der Waals surface area contributed by atoms with E-state index >= 15 is 0 Å². The predicted octanol–water partition coefficient (Wildman–Crippen LogP) is 3.68. The SMILES string of the molecule is CCCC#Cc1ccccc1C(O)C#CCCC. The first-order valence-electron chi connectivity index (χ1n) is 6.53. The molecule has 0 fully saturated rings. The monoisotopic (exact) mass is 240 g/mol. The van der Waals surface area contributed by atoms with Crippen LogP contribution in [0.1, 0.15) is 56.8 Å². The fourth-order valence-corrected chi connectivity index (χ4v) is 1.50. The molecule has 0 heterocycles. The van der Waals surface area contributed by atoms with Gasteiger partial charge in [0.25, 0.3) is 0 Å². The molecule has 1 atom stereocenters. The molecule has 1 aromatic rings. The van der Waals surface area contributed by atoms with E-state index < -0.39 is 6.10 Å². The summed E-state index contributed by atoms with van der Waals surface area (Å²) >= 11 is 0. The molecule has 18 heavy (non-hydrogen) atoms. The lowest BCUT2D eigenvalue weighted by Gasteiger charge is -2.06. The van der Waals surface area contributed by atoms with Crippen molar-refractivity contribution in [1.29, 1.82) is 0 Å². The van der Waals surface area contributed by atoms with Crippen LogP contribution < -0.4 is 0 Å². The van der Waals surface area contributed by atoms with Gasteiger partial charge in [-0.05, 0) is 18.9 Å². The van der Waals surface area contributed by atoms with Crippen LogP contribution in [0.15, 0.2) is 24.3 Å². The lowest BCUT2D eigenvalue weighted by Crippen LogP contribution is -1.97. The van der Waals surface area contributed by atoms with Gasteiger partial charge >= 0.3 is 0 Å². The van der Waals surface area contributed by atoms with Gasteiger partial charge < -0.3 is 5.11 Å². The topological polar surface area (TPSA) is 20.2 Å². The molecule has 0 spiro atoms. The molecule has 1 unspecified atom stereocenters. The third-order valence-corrected chi connectivity index (χ3v) is 2.47. The van der Waals surface area contributed by atoms with E-state index in [9.17, 15) is 5.11 Å². The molecule has 1 rings (SSSR count). The predicted molar refractivity (Wildman–Crippen MR) is 75.9 cm³/mol. The minimum absolute atomic E-state index is 0.733. The number of benzene rings is 1. The summed E-state index contributed by atoms with van der Waals surface area (Å²) in [6.07, 6.45) is 3.03. The van der Waals surface area contributed by atoms with Gasteiger partial charge in [0, 0.05) is 24.0 Å². The van der Waals surface area contributed by atoms with E-state index in [0.717, 1.165) is 36.8 Å². The van der Waals surface area contributed by atoms with Gasteiger partial charge in [-0.2, -0.15) is 0 Å². The van der Waals surface area contributed by atoms with Crippen LogP contribution in [0.5, 0.6) is 0 Å². The number of hydrogen-bond acceptors (Lipinski definition) is 1. The summed E-state index contributed by atoms with van der Waals surface area (Å²) in [5.41, 5.74) is 1.69. The van der Waals surface area contributed by atoms with Gasteiger partial charge in [0.1, 0.15) is 6.10 Å². The third kappa shape index (κ3) is 4.66. The van der Waals surface area contributed by atoms with Crippen molar-refractivity contribution in [2.24, 2.45) is 0 Å². The van der Waals surface area contributed by atoms with Crippen molar-refractivity contribution in [1.82, 2.24) is 0 Å². The van der Waals surface area contributed by atoms with Crippen LogP contribution in [-0.4, -0.2) is 5.11 Å².